The van der Waals surface area contributed by atoms with Crippen LogP contribution in [0.3, 0.4) is 0 Å². The van der Waals surface area contributed by atoms with Crippen molar-refractivity contribution < 1.29 is 13.2 Å². The van der Waals surface area contributed by atoms with E-state index in [1.165, 1.54) is 0 Å². The Morgan fingerprint density at radius 2 is 2.12 bits per heavy atom. The van der Waals surface area contributed by atoms with Gasteiger partial charge in [-0.2, -0.15) is 13.2 Å². The number of halogens is 5. The first-order valence-electron chi connectivity index (χ1n) is 4.63. The summed E-state index contributed by atoms with van der Waals surface area (Å²) in [6, 6.07) is 0. The summed E-state index contributed by atoms with van der Waals surface area (Å²) >= 11 is 5.17. The highest BCUT2D eigenvalue weighted by Crippen LogP contribution is 2.29. The van der Waals surface area contributed by atoms with Crippen molar-refractivity contribution in [3.63, 3.8) is 0 Å². The van der Waals surface area contributed by atoms with Crippen LogP contribution in [0.5, 0.6) is 0 Å². The average Bonchev–Trinajstić information content (AvgIpc) is 2.19. The molecule has 0 spiro atoms. The molecule has 2 nitrogen and oxygen atoms in total. The fraction of sp³-hybridized carbons (Fsp3) is 0.400. The van der Waals surface area contributed by atoms with E-state index in [9.17, 15) is 13.2 Å². The van der Waals surface area contributed by atoms with E-state index in [0.717, 1.165) is 12.2 Å². The highest BCUT2D eigenvalue weighted by molar-refractivity contribution is 14.1. The minimum absolute atomic E-state index is 0.0603. The van der Waals surface area contributed by atoms with Crippen LogP contribution in [0.4, 0.5) is 13.2 Å². The van der Waals surface area contributed by atoms with Gasteiger partial charge in [0.15, 0.2) is 0 Å². The van der Waals surface area contributed by atoms with Gasteiger partial charge in [0.25, 0.3) is 0 Å². The second kappa shape index (κ2) is 7.42. The molecule has 0 aliphatic carbocycles. The SMILES string of the molecule is C=C/C(=C\C(Br)=C(/CN)NC(C)I)C(F)(F)F. The maximum atomic E-state index is 12.5. The first-order valence-corrected chi connectivity index (χ1v) is 6.66. The topological polar surface area (TPSA) is 38.0 Å². The Kier molecular flexibility index (Phi) is 7.41. The van der Waals surface area contributed by atoms with Crippen LogP contribution in [-0.4, -0.2) is 16.8 Å². The van der Waals surface area contributed by atoms with E-state index in [1.807, 2.05) is 6.92 Å². The molecule has 0 aliphatic rings. The van der Waals surface area contributed by atoms with Crippen LogP contribution in [0.2, 0.25) is 0 Å². The predicted octanol–water partition coefficient (Wildman–Crippen LogP) is 3.60. The Hall–Kier alpha value is -0.0200. The summed E-state index contributed by atoms with van der Waals surface area (Å²) in [5, 5.41) is 2.96. The molecule has 0 aromatic heterocycles. The number of nitrogens with one attached hydrogen (secondary N) is 1. The van der Waals surface area contributed by atoms with Gasteiger partial charge in [-0.3, -0.25) is 0 Å². The maximum Gasteiger partial charge on any atom is 0.416 e. The van der Waals surface area contributed by atoms with Crippen molar-refractivity contribution in [2.75, 3.05) is 6.54 Å². The summed E-state index contributed by atoms with van der Waals surface area (Å²) in [5.74, 6) is 0. The van der Waals surface area contributed by atoms with Gasteiger partial charge in [-0.25, -0.2) is 0 Å². The molecule has 0 saturated heterocycles. The van der Waals surface area contributed by atoms with Crippen molar-refractivity contribution in [1.29, 1.82) is 0 Å². The van der Waals surface area contributed by atoms with Gasteiger partial charge in [0, 0.05) is 16.7 Å². The minimum atomic E-state index is -4.42. The molecule has 0 saturated carbocycles. The number of hydrogen-bond acceptors (Lipinski definition) is 2. The third-order valence-corrected chi connectivity index (χ3v) is 2.71. The normalized spacial score (nSPS) is 16.3. The van der Waals surface area contributed by atoms with Crippen LogP contribution in [0.1, 0.15) is 6.92 Å². The van der Waals surface area contributed by atoms with E-state index in [-0.39, 0.29) is 15.1 Å². The first kappa shape index (κ1) is 17.0. The summed E-state index contributed by atoms with van der Waals surface area (Å²) < 4.78 is 37.8. The van der Waals surface area contributed by atoms with Crippen LogP contribution in [0.15, 0.2) is 34.5 Å². The first-order chi connectivity index (χ1) is 7.72. The van der Waals surface area contributed by atoms with Crippen LogP contribution >= 0.6 is 38.5 Å². The lowest BCUT2D eigenvalue weighted by atomic mass is 10.2. The van der Waals surface area contributed by atoms with E-state index >= 15 is 0 Å². The molecule has 0 fully saturated rings. The van der Waals surface area contributed by atoms with Crippen molar-refractivity contribution >= 4 is 38.5 Å². The van der Waals surface area contributed by atoms with Gasteiger partial charge >= 0.3 is 6.18 Å². The number of alkyl halides is 4. The largest absolute Gasteiger partial charge is 0.416 e. The van der Waals surface area contributed by atoms with Gasteiger partial charge in [-0.1, -0.05) is 35.2 Å². The molecule has 0 rings (SSSR count). The maximum absolute atomic E-state index is 12.5. The minimum Gasteiger partial charge on any atom is -0.375 e. The van der Waals surface area contributed by atoms with E-state index < -0.39 is 11.7 Å². The van der Waals surface area contributed by atoms with Gasteiger partial charge in [-0.15, -0.1) is 0 Å². The molecular formula is C10H13BrF3IN2. The van der Waals surface area contributed by atoms with Crippen molar-refractivity contribution in [1.82, 2.24) is 5.32 Å². The highest BCUT2D eigenvalue weighted by atomic mass is 127. The van der Waals surface area contributed by atoms with Gasteiger partial charge in [0.2, 0.25) is 0 Å². The van der Waals surface area contributed by atoms with Crippen LogP contribution in [0, 0.1) is 0 Å². The highest BCUT2D eigenvalue weighted by Gasteiger charge is 2.31. The van der Waals surface area contributed by atoms with Crippen LogP contribution < -0.4 is 11.1 Å². The van der Waals surface area contributed by atoms with Crippen molar-refractivity contribution in [3.8, 4) is 0 Å². The summed E-state index contributed by atoms with van der Waals surface area (Å²) in [7, 11) is 0. The average molecular weight is 425 g/mol. The molecule has 7 heteroatoms. The predicted molar refractivity (Wildman–Crippen MR) is 76.0 cm³/mol. The second-order valence-electron chi connectivity index (χ2n) is 3.09. The Labute approximate surface area is 120 Å². The van der Waals surface area contributed by atoms with Crippen molar-refractivity contribution in [3.05, 3.63) is 34.5 Å². The molecule has 17 heavy (non-hydrogen) atoms. The van der Waals surface area contributed by atoms with Crippen LogP contribution in [0.25, 0.3) is 0 Å². The molecule has 0 bridgehead atoms. The fourth-order valence-electron chi connectivity index (χ4n) is 0.946. The summed E-state index contributed by atoms with van der Waals surface area (Å²) in [5.41, 5.74) is 5.15. The molecule has 3 N–H and O–H groups in total. The van der Waals surface area contributed by atoms with Gasteiger partial charge < -0.3 is 11.1 Å². The monoisotopic (exact) mass is 424 g/mol. The fourth-order valence-corrected chi connectivity index (χ4v) is 1.84. The van der Waals surface area contributed by atoms with Gasteiger partial charge in [0.05, 0.1) is 9.62 Å². The molecule has 0 amide bonds. The molecular weight excluding hydrogens is 412 g/mol. The summed E-state index contributed by atoms with van der Waals surface area (Å²) in [4.78, 5) is 0. The Bertz CT molecular complexity index is 335. The lowest BCUT2D eigenvalue weighted by Crippen LogP contribution is -2.25. The van der Waals surface area contributed by atoms with Gasteiger partial charge in [0.1, 0.15) is 0 Å². The zero-order valence-electron chi connectivity index (χ0n) is 9.11. The molecule has 0 aromatic rings. The molecule has 1 atom stereocenters. The Morgan fingerprint density at radius 3 is 2.41 bits per heavy atom. The molecule has 0 heterocycles. The van der Waals surface area contributed by atoms with E-state index in [2.05, 4.69) is 50.4 Å². The molecule has 0 aliphatic heterocycles. The zero-order valence-corrected chi connectivity index (χ0v) is 12.9. The number of hydrogen-bond donors (Lipinski definition) is 2. The molecule has 1 unspecified atom stereocenters. The van der Waals surface area contributed by atoms with Crippen molar-refractivity contribution in [2.24, 2.45) is 5.73 Å². The summed E-state index contributed by atoms with van der Waals surface area (Å²) in [6.45, 7) is 5.12. The number of allylic oxidation sites excluding steroid dienone is 4. The summed E-state index contributed by atoms with van der Waals surface area (Å²) in [6.07, 6.45) is -2.69. The Balaban J connectivity index is 5.24. The smallest absolute Gasteiger partial charge is 0.375 e. The Morgan fingerprint density at radius 1 is 1.59 bits per heavy atom. The molecule has 98 valence electrons. The third kappa shape index (κ3) is 6.46. The van der Waals surface area contributed by atoms with E-state index in [1.54, 1.807) is 0 Å². The van der Waals surface area contributed by atoms with Crippen molar-refractivity contribution in [2.45, 2.75) is 17.1 Å². The van der Waals surface area contributed by atoms with E-state index in [4.69, 9.17) is 5.73 Å². The molecule has 0 radical (unpaired) electrons. The zero-order chi connectivity index (χ0) is 13.6. The standard InChI is InChI=1S/C10H13BrF3IN2/c1-3-7(10(12,13)14)4-8(11)9(5-16)17-6(2)15/h3-4,6,17H,1,5,16H2,2H3/b7-4+,9-8-. The number of nitrogens with two attached hydrogens (primary N) is 1. The van der Waals surface area contributed by atoms with Gasteiger partial charge in [-0.05, 0) is 28.9 Å². The van der Waals surface area contributed by atoms with E-state index in [0.29, 0.717) is 5.70 Å². The quantitative estimate of drug-likeness (QED) is 0.306. The molecule has 0 aromatic carbocycles. The lowest BCUT2D eigenvalue weighted by molar-refractivity contribution is -0.0881. The van der Waals surface area contributed by atoms with Crippen LogP contribution in [-0.2, 0) is 0 Å². The third-order valence-electron chi connectivity index (χ3n) is 1.70. The second-order valence-corrected chi connectivity index (χ2v) is 5.82. The lowest BCUT2D eigenvalue weighted by Gasteiger charge is -2.13. The number of rotatable bonds is 5.